The number of nitrogens with zero attached hydrogens (tertiary/aromatic N) is 1. The van der Waals surface area contributed by atoms with E-state index < -0.39 is 0 Å². The Hall–Kier alpha value is -0.810. The van der Waals surface area contributed by atoms with Gasteiger partial charge in [0.25, 0.3) is 0 Å². The van der Waals surface area contributed by atoms with Gasteiger partial charge < -0.3 is 20.1 Å². The summed E-state index contributed by atoms with van der Waals surface area (Å²) in [6.45, 7) is 4.78. The molecular formula is C20H37N3O2. The molecule has 3 aliphatic rings. The van der Waals surface area contributed by atoms with E-state index >= 15 is 0 Å². The maximum atomic E-state index is 6.06. The highest BCUT2D eigenvalue weighted by Crippen LogP contribution is 2.34. The van der Waals surface area contributed by atoms with Gasteiger partial charge in [-0.3, -0.25) is 4.99 Å². The lowest BCUT2D eigenvalue weighted by molar-refractivity contribution is 0.0413. The number of nitrogens with one attached hydrogen (secondary N) is 2. The first-order chi connectivity index (χ1) is 12.3. The number of guanidine groups is 1. The van der Waals surface area contributed by atoms with Crippen molar-refractivity contribution < 1.29 is 9.47 Å². The molecule has 2 heterocycles. The second-order valence-corrected chi connectivity index (χ2v) is 7.81. The molecule has 5 heteroatoms. The van der Waals surface area contributed by atoms with Gasteiger partial charge in [0.2, 0.25) is 0 Å². The Balaban J connectivity index is 1.30. The van der Waals surface area contributed by atoms with Gasteiger partial charge in [-0.2, -0.15) is 0 Å². The zero-order valence-corrected chi connectivity index (χ0v) is 16.0. The van der Waals surface area contributed by atoms with E-state index in [0.717, 1.165) is 44.9 Å². The standard InChI is InChI=1S/C20H37N3O2/c1-2-21-20(23-18-15-17-11-12-19(18)25-17)22-13-7-8-14-24-16-9-5-3-4-6-10-16/h16-19H,2-15H2,1H3,(H2,21,22,23). The van der Waals surface area contributed by atoms with Gasteiger partial charge in [0.05, 0.1) is 24.4 Å². The molecule has 0 amide bonds. The van der Waals surface area contributed by atoms with Crippen molar-refractivity contribution in [2.24, 2.45) is 4.99 Å². The smallest absolute Gasteiger partial charge is 0.191 e. The molecule has 0 aromatic heterocycles. The minimum atomic E-state index is 0.391. The molecule has 0 aromatic carbocycles. The average Bonchev–Trinajstić information content (AvgIpc) is 3.13. The van der Waals surface area contributed by atoms with Crippen LogP contribution >= 0.6 is 0 Å². The first-order valence-electron chi connectivity index (χ1n) is 10.7. The lowest BCUT2D eigenvalue weighted by atomic mass is 9.96. The van der Waals surface area contributed by atoms with Gasteiger partial charge >= 0.3 is 0 Å². The van der Waals surface area contributed by atoms with E-state index in [1.807, 2.05) is 0 Å². The fourth-order valence-electron chi connectivity index (χ4n) is 4.35. The fourth-order valence-corrected chi connectivity index (χ4v) is 4.35. The van der Waals surface area contributed by atoms with Crippen molar-refractivity contribution in [2.45, 2.75) is 102 Å². The Morgan fingerprint density at radius 2 is 1.92 bits per heavy atom. The third kappa shape index (κ3) is 6.14. The zero-order valence-electron chi connectivity index (χ0n) is 16.0. The summed E-state index contributed by atoms with van der Waals surface area (Å²) in [6.07, 6.45) is 15.1. The monoisotopic (exact) mass is 351 g/mol. The highest BCUT2D eigenvalue weighted by Gasteiger charge is 2.41. The molecule has 1 aliphatic carbocycles. The van der Waals surface area contributed by atoms with Gasteiger partial charge in [0.1, 0.15) is 0 Å². The van der Waals surface area contributed by atoms with Crippen LogP contribution in [0.25, 0.3) is 0 Å². The molecule has 144 valence electrons. The van der Waals surface area contributed by atoms with Crippen molar-refractivity contribution in [3.63, 3.8) is 0 Å². The van der Waals surface area contributed by atoms with Crippen LogP contribution in [0.2, 0.25) is 0 Å². The van der Waals surface area contributed by atoms with Gasteiger partial charge in [0.15, 0.2) is 5.96 Å². The van der Waals surface area contributed by atoms with E-state index in [2.05, 4.69) is 17.6 Å². The van der Waals surface area contributed by atoms with Crippen molar-refractivity contribution in [3.05, 3.63) is 0 Å². The second-order valence-electron chi connectivity index (χ2n) is 7.81. The number of rotatable bonds is 8. The molecule has 2 aliphatic heterocycles. The van der Waals surface area contributed by atoms with Crippen LogP contribution in [0.3, 0.4) is 0 Å². The molecule has 0 aromatic rings. The number of hydrogen-bond acceptors (Lipinski definition) is 3. The molecule has 2 N–H and O–H groups in total. The molecule has 25 heavy (non-hydrogen) atoms. The van der Waals surface area contributed by atoms with Crippen LogP contribution in [0.15, 0.2) is 4.99 Å². The van der Waals surface area contributed by atoms with Gasteiger partial charge in [-0.05, 0) is 51.9 Å². The van der Waals surface area contributed by atoms with Gasteiger partial charge in [-0.15, -0.1) is 0 Å². The van der Waals surface area contributed by atoms with Crippen molar-refractivity contribution in [2.75, 3.05) is 19.7 Å². The highest BCUT2D eigenvalue weighted by molar-refractivity contribution is 5.80. The molecule has 3 rings (SSSR count). The first-order valence-corrected chi connectivity index (χ1v) is 10.7. The average molecular weight is 352 g/mol. The summed E-state index contributed by atoms with van der Waals surface area (Å²) < 4.78 is 12.0. The summed E-state index contributed by atoms with van der Waals surface area (Å²) in [4.78, 5) is 4.74. The van der Waals surface area contributed by atoms with Crippen molar-refractivity contribution in [3.8, 4) is 0 Å². The lowest BCUT2D eigenvalue weighted by Crippen LogP contribution is -2.47. The van der Waals surface area contributed by atoms with Crippen LogP contribution in [0.4, 0.5) is 0 Å². The first kappa shape index (κ1) is 19.0. The van der Waals surface area contributed by atoms with Crippen LogP contribution in [0.1, 0.15) is 77.6 Å². The number of aliphatic imine (C=N–C) groups is 1. The molecule has 3 unspecified atom stereocenters. The van der Waals surface area contributed by atoms with Gasteiger partial charge in [0, 0.05) is 19.7 Å². The molecule has 5 nitrogen and oxygen atoms in total. The van der Waals surface area contributed by atoms with Crippen molar-refractivity contribution in [1.82, 2.24) is 10.6 Å². The van der Waals surface area contributed by atoms with Crippen LogP contribution in [-0.2, 0) is 9.47 Å². The van der Waals surface area contributed by atoms with Crippen LogP contribution in [-0.4, -0.2) is 50.0 Å². The van der Waals surface area contributed by atoms with Crippen molar-refractivity contribution in [1.29, 1.82) is 0 Å². The Kier molecular flexibility index (Phi) is 7.86. The minimum Gasteiger partial charge on any atom is -0.378 e. The minimum absolute atomic E-state index is 0.391. The number of fused-ring (bicyclic) bond motifs is 2. The molecule has 1 saturated carbocycles. The lowest BCUT2D eigenvalue weighted by Gasteiger charge is -2.22. The normalized spacial score (nSPS) is 30.4. The molecular weight excluding hydrogens is 314 g/mol. The summed E-state index contributed by atoms with van der Waals surface area (Å²) >= 11 is 0. The summed E-state index contributed by atoms with van der Waals surface area (Å²) in [5, 5.41) is 6.95. The fraction of sp³-hybridized carbons (Fsp3) is 0.950. The zero-order chi connectivity index (χ0) is 17.3. The van der Waals surface area contributed by atoms with E-state index in [4.69, 9.17) is 14.5 Å². The number of unbranched alkanes of at least 4 members (excludes halogenated alkanes) is 1. The van der Waals surface area contributed by atoms with Crippen LogP contribution in [0.5, 0.6) is 0 Å². The second kappa shape index (κ2) is 10.4. The largest absolute Gasteiger partial charge is 0.378 e. The molecule has 2 bridgehead atoms. The predicted molar refractivity (Wildman–Crippen MR) is 102 cm³/mol. The third-order valence-corrected chi connectivity index (χ3v) is 5.75. The van der Waals surface area contributed by atoms with E-state index in [1.165, 1.54) is 51.4 Å². The molecule has 3 fully saturated rings. The highest BCUT2D eigenvalue weighted by atomic mass is 16.5. The topological polar surface area (TPSA) is 54.9 Å². The molecule has 2 saturated heterocycles. The Morgan fingerprint density at radius 3 is 2.60 bits per heavy atom. The third-order valence-electron chi connectivity index (χ3n) is 5.75. The maximum Gasteiger partial charge on any atom is 0.191 e. The predicted octanol–water partition coefficient (Wildman–Crippen LogP) is 3.38. The summed E-state index contributed by atoms with van der Waals surface area (Å²) in [5.74, 6) is 0.952. The SMILES string of the molecule is CCNC(=NCCCCOC1CCCCCC1)NC1CC2CCC1O2. The summed E-state index contributed by atoms with van der Waals surface area (Å²) in [5.41, 5.74) is 0. The van der Waals surface area contributed by atoms with Gasteiger partial charge in [-0.25, -0.2) is 0 Å². The van der Waals surface area contributed by atoms with E-state index in [1.54, 1.807) is 0 Å². The Morgan fingerprint density at radius 1 is 1.08 bits per heavy atom. The van der Waals surface area contributed by atoms with Gasteiger partial charge in [-0.1, -0.05) is 25.7 Å². The molecule has 3 atom stereocenters. The molecule has 0 radical (unpaired) electrons. The van der Waals surface area contributed by atoms with E-state index in [-0.39, 0.29) is 0 Å². The maximum absolute atomic E-state index is 6.06. The summed E-state index contributed by atoms with van der Waals surface area (Å²) in [6, 6.07) is 0.440. The Bertz CT molecular complexity index is 408. The number of hydrogen-bond donors (Lipinski definition) is 2. The Labute approximate surface area is 153 Å². The van der Waals surface area contributed by atoms with Crippen LogP contribution < -0.4 is 10.6 Å². The van der Waals surface area contributed by atoms with E-state index in [9.17, 15) is 0 Å². The van der Waals surface area contributed by atoms with E-state index in [0.29, 0.717) is 24.4 Å². The summed E-state index contributed by atoms with van der Waals surface area (Å²) in [7, 11) is 0. The van der Waals surface area contributed by atoms with Crippen molar-refractivity contribution >= 4 is 5.96 Å². The van der Waals surface area contributed by atoms with Crippen LogP contribution in [0, 0.1) is 0 Å². The number of ether oxygens (including phenoxy) is 2. The quantitative estimate of drug-likeness (QED) is 0.305. The molecule has 0 spiro atoms.